The normalized spacial score (nSPS) is 36.1. The summed E-state index contributed by atoms with van der Waals surface area (Å²) in [6.07, 6.45) is 9.48. The van der Waals surface area contributed by atoms with Gasteiger partial charge >= 0.3 is 5.97 Å². The molecule has 3 atom stereocenters. The molecule has 130 valence electrons. The van der Waals surface area contributed by atoms with Crippen molar-refractivity contribution >= 4 is 5.97 Å². The van der Waals surface area contributed by atoms with Crippen LogP contribution in [0.4, 0.5) is 0 Å². The Morgan fingerprint density at radius 3 is 2.22 bits per heavy atom. The van der Waals surface area contributed by atoms with Gasteiger partial charge in [0.2, 0.25) is 0 Å². The van der Waals surface area contributed by atoms with E-state index in [0.29, 0.717) is 42.1 Å². The highest BCUT2D eigenvalue weighted by atomic mass is 16.6. The van der Waals surface area contributed by atoms with E-state index in [2.05, 4.69) is 6.58 Å². The molecule has 1 aliphatic heterocycles. The van der Waals surface area contributed by atoms with E-state index in [-0.39, 0.29) is 5.97 Å². The number of hydrogen-bond acceptors (Lipinski definition) is 4. The smallest absolute Gasteiger partial charge is 0.333 e. The minimum Gasteiger partial charge on any atom is -0.462 e. The van der Waals surface area contributed by atoms with E-state index in [1.54, 1.807) is 6.92 Å². The molecule has 4 nitrogen and oxygen atoms in total. The number of hydrogen-bond donors (Lipinski definition) is 0. The third-order valence-electron chi connectivity index (χ3n) is 5.58. The summed E-state index contributed by atoms with van der Waals surface area (Å²) in [4.78, 5) is 11.4. The van der Waals surface area contributed by atoms with E-state index in [1.807, 2.05) is 0 Å². The first-order chi connectivity index (χ1) is 11.1. The number of esters is 1. The summed E-state index contributed by atoms with van der Waals surface area (Å²) in [5.41, 5.74) is 0.484. The van der Waals surface area contributed by atoms with Gasteiger partial charge in [-0.25, -0.2) is 4.79 Å². The topological polar surface area (TPSA) is 48.1 Å². The highest BCUT2D eigenvalue weighted by Crippen LogP contribution is 2.39. The summed E-state index contributed by atoms with van der Waals surface area (Å²) < 4.78 is 16.8. The van der Waals surface area contributed by atoms with E-state index in [9.17, 15) is 4.79 Å². The second-order valence-corrected chi connectivity index (χ2v) is 7.70. The molecular formula is C19H30O4. The molecule has 2 saturated carbocycles. The summed E-state index contributed by atoms with van der Waals surface area (Å²) in [5.74, 6) is 1.63. The SMILES string of the molecule is C=C(C)C(=O)OCC1CCC(COCC2CCC3OC3C2)CC1. The predicted octanol–water partition coefficient (Wildman–Crippen LogP) is 3.50. The van der Waals surface area contributed by atoms with Crippen molar-refractivity contribution in [2.75, 3.05) is 19.8 Å². The van der Waals surface area contributed by atoms with Crippen LogP contribution < -0.4 is 0 Å². The van der Waals surface area contributed by atoms with Gasteiger partial charge in [0, 0.05) is 18.8 Å². The van der Waals surface area contributed by atoms with E-state index >= 15 is 0 Å². The number of ether oxygens (including phenoxy) is 3. The van der Waals surface area contributed by atoms with Crippen molar-refractivity contribution in [3.63, 3.8) is 0 Å². The first kappa shape index (κ1) is 17.0. The minimum atomic E-state index is -0.259. The van der Waals surface area contributed by atoms with Crippen LogP contribution >= 0.6 is 0 Å². The van der Waals surface area contributed by atoms with Crippen molar-refractivity contribution in [1.82, 2.24) is 0 Å². The van der Waals surface area contributed by atoms with Gasteiger partial charge in [-0.15, -0.1) is 0 Å². The summed E-state index contributed by atoms with van der Waals surface area (Å²) in [5, 5.41) is 0. The average Bonchev–Trinajstić information content (AvgIpc) is 3.32. The van der Waals surface area contributed by atoms with Crippen LogP contribution in [-0.2, 0) is 19.0 Å². The molecule has 1 saturated heterocycles. The Bertz CT molecular complexity index is 425. The Balaban J connectivity index is 1.24. The monoisotopic (exact) mass is 322 g/mol. The fraction of sp³-hybridized carbons (Fsp3) is 0.842. The summed E-state index contributed by atoms with van der Waals surface area (Å²) >= 11 is 0. The Kier molecular flexibility index (Phi) is 5.76. The molecule has 0 N–H and O–H groups in total. The Morgan fingerprint density at radius 1 is 0.957 bits per heavy atom. The van der Waals surface area contributed by atoms with Crippen LogP contribution in [0.25, 0.3) is 0 Å². The Labute approximate surface area is 139 Å². The molecular weight excluding hydrogens is 292 g/mol. The first-order valence-corrected chi connectivity index (χ1v) is 9.17. The second-order valence-electron chi connectivity index (χ2n) is 7.70. The maximum Gasteiger partial charge on any atom is 0.333 e. The zero-order valence-electron chi connectivity index (χ0n) is 14.3. The molecule has 23 heavy (non-hydrogen) atoms. The van der Waals surface area contributed by atoms with Crippen molar-refractivity contribution in [3.05, 3.63) is 12.2 Å². The molecule has 4 heteroatoms. The van der Waals surface area contributed by atoms with Crippen molar-refractivity contribution in [1.29, 1.82) is 0 Å². The van der Waals surface area contributed by atoms with E-state index < -0.39 is 0 Å². The molecule has 1 heterocycles. The Morgan fingerprint density at radius 2 is 1.57 bits per heavy atom. The zero-order valence-corrected chi connectivity index (χ0v) is 14.3. The van der Waals surface area contributed by atoms with Gasteiger partial charge in [-0.05, 0) is 69.6 Å². The first-order valence-electron chi connectivity index (χ1n) is 9.17. The maximum atomic E-state index is 11.4. The van der Waals surface area contributed by atoms with Gasteiger partial charge in [-0.2, -0.15) is 0 Å². The van der Waals surface area contributed by atoms with Crippen LogP contribution in [0.15, 0.2) is 12.2 Å². The van der Waals surface area contributed by atoms with Crippen LogP contribution in [0.5, 0.6) is 0 Å². The summed E-state index contributed by atoms with van der Waals surface area (Å²) in [7, 11) is 0. The van der Waals surface area contributed by atoms with Crippen molar-refractivity contribution in [2.24, 2.45) is 17.8 Å². The Hall–Kier alpha value is -0.870. The summed E-state index contributed by atoms with van der Waals surface area (Å²) in [6, 6.07) is 0. The van der Waals surface area contributed by atoms with Gasteiger partial charge in [0.05, 0.1) is 18.8 Å². The third kappa shape index (κ3) is 5.05. The van der Waals surface area contributed by atoms with Crippen LogP contribution in [0.3, 0.4) is 0 Å². The average molecular weight is 322 g/mol. The molecule has 0 aromatic heterocycles. The molecule has 3 unspecified atom stereocenters. The standard InChI is InChI=1S/C19H30O4/c1-13(2)19(20)22-12-15-5-3-14(4-6-15)10-21-11-16-7-8-17-18(9-16)23-17/h14-18H,1,3-12H2,2H3. The highest BCUT2D eigenvalue weighted by molar-refractivity contribution is 5.86. The van der Waals surface area contributed by atoms with Crippen LogP contribution in [0, 0.1) is 17.8 Å². The molecule has 3 fully saturated rings. The van der Waals surface area contributed by atoms with Crippen molar-refractivity contribution in [3.8, 4) is 0 Å². The van der Waals surface area contributed by atoms with Crippen LogP contribution in [0.2, 0.25) is 0 Å². The lowest BCUT2D eigenvalue weighted by molar-refractivity contribution is -0.140. The number of carbonyl (C=O) groups is 1. The van der Waals surface area contributed by atoms with E-state index in [4.69, 9.17) is 14.2 Å². The summed E-state index contributed by atoms with van der Waals surface area (Å²) in [6.45, 7) is 7.65. The number of carbonyl (C=O) groups excluding carboxylic acids is 1. The molecule has 0 bridgehead atoms. The molecule has 0 aromatic rings. The van der Waals surface area contributed by atoms with Crippen LogP contribution in [-0.4, -0.2) is 38.0 Å². The fourth-order valence-electron chi connectivity index (χ4n) is 3.92. The van der Waals surface area contributed by atoms with Gasteiger partial charge in [0.15, 0.2) is 0 Å². The fourth-order valence-corrected chi connectivity index (χ4v) is 3.92. The predicted molar refractivity (Wildman–Crippen MR) is 88.0 cm³/mol. The van der Waals surface area contributed by atoms with Gasteiger partial charge in [0.1, 0.15) is 0 Å². The third-order valence-corrected chi connectivity index (χ3v) is 5.58. The second kappa shape index (κ2) is 7.80. The number of epoxide rings is 1. The van der Waals surface area contributed by atoms with Gasteiger partial charge in [-0.3, -0.25) is 0 Å². The molecule has 0 aromatic carbocycles. The molecule has 0 amide bonds. The minimum absolute atomic E-state index is 0.259. The molecule has 0 spiro atoms. The maximum absolute atomic E-state index is 11.4. The largest absolute Gasteiger partial charge is 0.462 e. The van der Waals surface area contributed by atoms with Gasteiger partial charge in [0.25, 0.3) is 0 Å². The molecule has 0 radical (unpaired) electrons. The molecule has 2 aliphatic carbocycles. The number of rotatable bonds is 7. The highest BCUT2D eigenvalue weighted by Gasteiger charge is 2.43. The number of fused-ring (bicyclic) bond motifs is 1. The lowest BCUT2D eigenvalue weighted by atomic mass is 9.83. The zero-order chi connectivity index (χ0) is 16.2. The van der Waals surface area contributed by atoms with Gasteiger partial charge < -0.3 is 14.2 Å². The van der Waals surface area contributed by atoms with E-state index in [1.165, 1.54) is 32.1 Å². The lowest BCUT2D eigenvalue weighted by Gasteiger charge is -2.28. The van der Waals surface area contributed by atoms with E-state index in [0.717, 1.165) is 26.1 Å². The van der Waals surface area contributed by atoms with Gasteiger partial charge in [-0.1, -0.05) is 6.58 Å². The quantitative estimate of drug-likeness (QED) is 0.409. The lowest BCUT2D eigenvalue weighted by Crippen LogP contribution is -2.24. The molecule has 3 rings (SSSR count). The van der Waals surface area contributed by atoms with Crippen molar-refractivity contribution < 1.29 is 19.0 Å². The van der Waals surface area contributed by atoms with Crippen molar-refractivity contribution in [2.45, 2.75) is 64.1 Å². The molecule has 3 aliphatic rings. The van der Waals surface area contributed by atoms with Crippen LogP contribution in [0.1, 0.15) is 51.9 Å².